The summed E-state index contributed by atoms with van der Waals surface area (Å²) in [6, 6.07) is 15.3. The van der Waals surface area contributed by atoms with E-state index in [-0.39, 0.29) is 0 Å². The van der Waals surface area contributed by atoms with Crippen molar-refractivity contribution in [2.24, 2.45) is 0 Å². The van der Waals surface area contributed by atoms with Crippen molar-refractivity contribution in [3.05, 3.63) is 64.7 Å². The Morgan fingerprint density at radius 3 is 2.30 bits per heavy atom. The third kappa shape index (κ3) is 2.72. The number of hydrogen-bond donors (Lipinski definition) is 0. The van der Waals surface area contributed by atoms with Crippen LogP contribution in [-0.2, 0) is 12.8 Å². The van der Waals surface area contributed by atoms with E-state index in [4.69, 9.17) is 4.74 Å². The van der Waals surface area contributed by atoms with Crippen LogP contribution < -0.4 is 4.74 Å². The Labute approximate surface area is 122 Å². The lowest BCUT2D eigenvalue weighted by Gasteiger charge is -2.16. The summed E-state index contributed by atoms with van der Waals surface area (Å²) in [5.74, 6) is 1.44. The molecule has 0 bridgehead atoms. The Morgan fingerprint density at radius 2 is 1.55 bits per heavy atom. The van der Waals surface area contributed by atoms with Crippen molar-refractivity contribution in [1.29, 1.82) is 0 Å². The average Bonchev–Trinajstić information content (AvgIpc) is 2.67. The Morgan fingerprint density at radius 1 is 0.900 bits per heavy atom. The van der Waals surface area contributed by atoms with Crippen LogP contribution in [0.1, 0.15) is 48.9 Å². The van der Waals surface area contributed by atoms with Gasteiger partial charge in [0.05, 0.1) is 7.11 Å². The summed E-state index contributed by atoms with van der Waals surface area (Å²) in [5, 5.41) is 0. The summed E-state index contributed by atoms with van der Waals surface area (Å²) in [5.41, 5.74) is 5.83. The van der Waals surface area contributed by atoms with Crippen LogP contribution in [0.15, 0.2) is 42.5 Å². The summed E-state index contributed by atoms with van der Waals surface area (Å²) in [6.07, 6.45) is 2.23. The molecule has 0 heterocycles. The average molecular weight is 268 g/mol. The fourth-order valence-corrected chi connectivity index (χ4v) is 2.97. The minimum absolute atomic E-state index is 0.476. The zero-order valence-corrected chi connectivity index (χ0v) is 12.9. The molecule has 2 aromatic rings. The first-order valence-electron chi connectivity index (χ1n) is 7.54. The summed E-state index contributed by atoms with van der Waals surface area (Å²) in [6.45, 7) is 6.30. The van der Waals surface area contributed by atoms with Crippen molar-refractivity contribution in [2.45, 2.75) is 39.5 Å². The Balaban J connectivity index is 0.000000704. The van der Waals surface area contributed by atoms with Crippen LogP contribution in [0.25, 0.3) is 0 Å². The lowest BCUT2D eigenvalue weighted by Crippen LogP contribution is -1.99. The third-order valence-electron chi connectivity index (χ3n) is 4.00. The fourth-order valence-electron chi connectivity index (χ4n) is 2.97. The molecule has 0 saturated heterocycles. The molecule has 1 aliphatic rings. The normalized spacial score (nSPS) is 16.1. The summed E-state index contributed by atoms with van der Waals surface area (Å²) in [4.78, 5) is 0. The van der Waals surface area contributed by atoms with Crippen molar-refractivity contribution < 1.29 is 4.74 Å². The standard InChI is InChI=1S/C17H18O.C2H6/c1-12-16-6-4-3-5-13(16)7-8-14-11-15(18-2)9-10-17(12)14;1-2/h3-6,9-12H,7-8H2,1-2H3;1-2H3. The lowest BCUT2D eigenvalue weighted by atomic mass is 9.90. The molecule has 106 valence electrons. The third-order valence-corrected chi connectivity index (χ3v) is 4.00. The first-order valence-corrected chi connectivity index (χ1v) is 7.54. The molecule has 1 nitrogen and oxygen atoms in total. The van der Waals surface area contributed by atoms with Crippen LogP contribution in [0.2, 0.25) is 0 Å². The molecule has 1 unspecified atom stereocenters. The second-order valence-electron chi connectivity index (χ2n) is 4.99. The van der Waals surface area contributed by atoms with Crippen LogP contribution in [-0.4, -0.2) is 7.11 Å². The maximum Gasteiger partial charge on any atom is 0.119 e. The Hall–Kier alpha value is -1.76. The quantitative estimate of drug-likeness (QED) is 0.709. The van der Waals surface area contributed by atoms with Crippen molar-refractivity contribution in [2.75, 3.05) is 7.11 Å². The first kappa shape index (κ1) is 14.6. The molecule has 0 aliphatic heterocycles. The molecule has 0 spiro atoms. The monoisotopic (exact) mass is 268 g/mol. The topological polar surface area (TPSA) is 9.23 Å². The Bertz CT molecular complexity index is 572. The fraction of sp³-hybridized carbons (Fsp3) is 0.368. The van der Waals surface area contributed by atoms with Gasteiger partial charge in [-0.05, 0) is 47.2 Å². The minimum atomic E-state index is 0.476. The maximum atomic E-state index is 5.33. The molecule has 0 fully saturated rings. The zero-order valence-electron chi connectivity index (χ0n) is 12.9. The predicted molar refractivity (Wildman–Crippen MR) is 85.7 cm³/mol. The van der Waals surface area contributed by atoms with Crippen molar-refractivity contribution in [3.8, 4) is 5.75 Å². The summed E-state index contributed by atoms with van der Waals surface area (Å²) in [7, 11) is 1.73. The summed E-state index contributed by atoms with van der Waals surface area (Å²) >= 11 is 0. The van der Waals surface area contributed by atoms with Gasteiger partial charge < -0.3 is 4.74 Å². The molecule has 1 aliphatic carbocycles. The molecule has 1 atom stereocenters. The van der Waals surface area contributed by atoms with E-state index < -0.39 is 0 Å². The van der Waals surface area contributed by atoms with Crippen LogP contribution >= 0.6 is 0 Å². The molecule has 2 aromatic carbocycles. The summed E-state index contributed by atoms with van der Waals surface area (Å²) < 4.78 is 5.33. The van der Waals surface area contributed by atoms with Crippen molar-refractivity contribution >= 4 is 0 Å². The number of fused-ring (bicyclic) bond motifs is 2. The lowest BCUT2D eigenvalue weighted by molar-refractivity contribution is 0.414. The van der Waals surface area contributed by atoms with E-state index in [1.807, 2.05) is 13.8 Å². The number of hydrogen-bond acceptors (Lipinski definition) is 1. The van der Waals surface area contributed by atoms with E-state index in [0.717, 1.165) is 18.6 Å². The second-order valence-corrected chi connectivity index (χ2v) is 4.99. The van der Waals surface area contributed by atoms with E-state index in [0.29, 0.717) is 5.92 Å². The van der Waals surface area contributed by atoms with Gasteiger partial charge in [-0.2, -0.15) is 0 Å². The molecular formula is C19H24O. The van der Waals surface area contributed by atoms with Crippen LogP contribution in [0.3, 0.4) is 0 Å². The largest absolute Gasteiger partial charge is 0.497 e. The van der Waals surface area contributed by atoms with E-state index in [2.05, 4.69) is 49.4 Å². The van der Waals surface area contributed by atoms with Gasteiger partial charge in [-0.15, -0.1) is 0 Å². The number of rotatable bonds is 1. The van der Waals surface area contributed by atoms with E-state index in [1.54, 1.807) is 7.11 Å². The number of aryl methyl sites for hydroxylation is 2. The molecule has 0 aromatic heterocycles. The van der Waals surface area contributed by atoms with E-state index in [9.17, 15) is 0 Å². The van der Waals surface area contributed by atoms with E-state index >= 15 is 0 Å². The van der Waals surface area contributed by atoms with Gasteiger partial charge in [-0.25, -0.2) is 0 Å². The molecule has 1 heteroatoms. The van der Waals surface area contributed by atoms with Gasteiger partial charge in [0.2, 0.25) is 0 Å². The molecule has 0 radical (unpaired) electrons. The number of methoxy groups -OCH3 is 1. The van der Waals surface area contributed by atoms with Gasteiger partial charge in [-0.1, -0.05) is 51.1 Å². The smallest absolute Gasteiger partial charge is 0.119 e. The molecule has 3 rings (SSSR count). The molecular weight excluding hydrogens is 244 g/mol. The highest BCUT2D eigenvalue weighted by molar-refractivity contribution is 5.46. The van der Waals surface area contributed by atoms with Gasteiger partial charge in [0, 0.05) is 5.92 Å². The number of benzene rings is 2. The highest BCUT2D eigenvalue weighted by Gasteiger charge is 2.19. The molecule has 0 amide bonds. The van der Waals surface area contributed by atoms with Crippen molar-refractivity contribution in [1.82, 2.24) is 0 Å². The molecule has 20 heavy (non-hydrogen) atoms. The number of ether oxygens (including phenoxy) is 1. The Kier molecular flexibility index (Phi) is 4.84. The van der Waals surface area contributed by atoms with Gasteiger partial charge >= 0.3 is 0 Å². The SMILES string of the molecule is CC.COc1ccc2c(c1)CCc1ccccc1C2C. The minimum Gasteiger partial charge on any atom is -0.497 e. The van der Waals surface area contributed by atoms with Gasteiger partial charge in [0.15, 0.2) is 0 Å². The van der Waals surface area contributed by atoms with Gasteiger partial charge in [0.25, 0.3) is 0 Å². The van der Waals surface area contributed by atoms with E-state index in [1.165, 1.54) is 22.3 Å². The van der Waals surface area contributed by atoms with Crippen molar-refractivity contribution in [3.63, 3.8) is 0 Å². The second kappa shape index (κ2) is 6.60. The first-order chi connectivity index (χ1) is 9.79. The van der Waals surface area contributed by atoms with Crippen LogP contribution in [0.5, 0.6) is 5.75 Å². The highest BCUT2D eigenvalue weighted by atomic mass is 16.5. The zero-order chi connectivity index (χ0) is 14.5. The van der Waals surface area contributed by atoms with Gasteiger partial charge in [0.1, 0.15) is 5.75 Å². The molecule has 0 saturated carbocycles. The van der Waals surface area contributed by atoms with Crippen LogP contribution in [0.4, 0.5) is 0 Å². The highest BCUT2D eigenvalue weighted by Crippen LogP contribution is 2.35. The maximum absolute atomic E-state index is 5.33. The molecule has 0 N–H and O–H groups in total. The predicted octanol–water partition coefficient (Wildman–Crippen LogP) is 4.97. The van der Waals surface area contributed by atoms with Crippen LogP contribution in [0, 0.1) is 0 Å². The van der Waals surface area contributed by atoms with Gasteiger partial charge in [-0.3, -0.25) is 0 Å².